The fourth-order valence-electron chi connectivity index (χ4n) is 3.01. The lowest BCUT2D eigenvalue weighted by molar-refractivity contribution is 0.0695. The third-order valence-corrected chi connectivity index (χ3v) is 6.14. The number of rotatable bonds is 9. The summed E-state index contributed by atoms with van der Waals surface area (Å²) in [6.45, 7) is 1.96. The first-order valence-electron chi connectivity index (χ1n) is 9.67. The lowest BCUT2D eigenvalue weighted by atomic mass is 10.1. The van der Waals surface area contributed by atoms with Crippen molar-refractivity contribution in [1.29, 1.82) is 0 Å². The van der Waals surface area contributed by atoms with E-state index in [0.717, 1.165) is 5.56 Å². The zero-order valence-electron chi connectivity index (χ0n) is 16.8. The van der Waals surface area contributed by atoms with Crippen LogP contribution in [0.25, 0.3) is 0 Å². The van der Waals surface area contributed by atoms with Gasteiger partial charge in [-0.15, -0.1) is 0 Å². The summed E-state index contributed by atoms with van der Waals surface area (Å²) in [5, 5.41) is 9.30. The zero-order chi connectivity index (χ0) is 22.4. The molecule has 0 heterocycles. The van der Waals surface area contributed by atoms with Crippen LogP contribution in [0.15, 0.2) is 71.6 Å². The SMILES string of the molecule is CCc1ccc(S(=O)(=O)NCCc2ccc(Oc3ccc(F)cc3)cc2)cc1C(=O)O. The van der Waals surface area contributed by atoms with E-state index in [-0.39, 0.29) is 22.8 Å². The Kier molecular flexibility index (Phi) is 7.04. The van der Waals surface area contributed by atoms with Crippen molar-refractivity contribution in [2.75, 3.05) is 6.54 Å². The molecule has 162 valence electrons. The van der Waals surface area contributed by atoms with E-state index in [0.29, 0.717) is 29.9 Å². The molecule has 0 radical (unpaired) electrons. The predicted molar refractivity (Wildman–Crippen MR) is 115 cm³/mol. The Morgan fingerprint density at radius 2 is 1.61 bits per heavy atom. The molecule has 0 unspecified atom stereocenters. The van der Waals surface area contributed by atoms with E-state index in [4.69, 9.17) is 4.74 Å². The monoisotopic (exact) mass is 443 g/mol. The number of benzene rings is 3. The van der Waals surface area contributed by atoms with E-state index in [1.165, 1.54) is 42.5 Å². The lowest BCUT2D eigenvalue weighted by Gasteiger charge is -2.10. The Morgan fingerprint density at radius 3 is 2.19 bits per heavy atom. The summed E-state index contributed by atoms with van der Waals surface area (Å²) in [5.74, 6) is -0.410. The molecule has 0 atom stereocenters. The molecule has 8 heteroatoms. The smallest absolute Gasteiger partial charge is 0.336 e. The van der Waals surface area contributed by atoms with Gasteiger partial charge in [0.05, 0.1) is 10.5 Å². The number of carbonyl (C=O) groups is 1. The first-order valence-corrected chi connectivity index (χ1v) is 11.1. The summed E-state index contributed by atoms with van der Waals surface area (Å²) >= 11 is 0. The fraction of sp³-hybridized carbons (Fsp3) is 0.174. The summed E-state index contributed by atoms with van der Waals surface area (Å²) in [6.07, 6.45) is 0.936. The van der Waals surface area contributed by atoms with Crippen molar-refractivity contribution >= 4 is 16.0 Å². The number of carboxylic acid groups (broad SMARTS) is 1. The number of carboxylic acids is 1. The maximum Gasteiger partial charge on any atom is 0.336 e. The molecule has 3 rings (SSSR count). The molecule has 3 aromatic carbocycles. The molecule has 0 saturated carbocycles. The molecule has 0 aliphatic carbocycles. The number of ether oxygens (including phenoxy) is 1. The van der Waals surface area contributed by atoms with Crippen molar-refractivity contribution in [2.45, 2.75) is 24.7 Å². The fourth-order valence-corrected chi connectivity index (χ4v) is 4.06. The molecule has 0 aliphatic heterocycles. The summed E-state index contributed by atoms with van der Waals surface area (Å²) in [5.41, 5.74) is 1.46. The molecular weight excluding hydrogens is 421 g/mol. The van der Waals surface area contributed by atoms with Crippen molar-refractivity contribution < 1.29 is 27.4 Å². The van der Waals surface area contributed by atoms with Crippen molar-refractivity contribution in [1.82, 2.24) is 4.72 Å². The van der Waals surface area contributed by atoms with Gasteiger partial charge in [-0.2, -0.15) is 0 Å². The van der Waals surface area contributed by atoms with Gasteiger partial charge in [-0.25, -0.2) is 22.3 Å². The molecule has 0 bridgehead atoms. The standard InChI is InChI=1S/C23H22FNO5S/c1-2-17-5-12-21(15-22(17)23(26)27)31(28,29)25-14-13-16-3-8-19(9-4-16)30-20-10-6-18(24)7-11-20/h3-12,15,25H,2,13-14H2,1H3,(H,26,27). The number of nitrogens with one attached hydrogen (secondary N) is 1. The van der Waals surface area contributed by atoms with Crippen LogP contribution in [0.3, 0.4) is 0 Å². The highest BCUT2D eigenvalue weighted by Crippen LogP contribution is 2.22. The Hall–Kier alpha value is -3.23. The van der Waals surface area contributed by atoms with Crippen LogP contribution in [0.2, 0.25) is 0 Å². The molecule has 31 heavy (non-hydrogen) atoms. The van der Waals surface area contributed by atoms with Crippen LogP contribution in [0.5, 0.6) is 11.5 Å². The summed E-state index contributed by atoms with van der Waals surface area (Å²) < 4.78 is 46.1. The predicted octanol–water partition coefficient (Wildman–Crippen LogP) is 4.40. The molecule has 0 spiro atoms. The third-order valence-electron chi connectivity index (χ3n) is 4.68. The van der Waals surface area contributed by atoms with Gasteiger partial charge in [0, 0.05) is 6.54 Å². The molecule has 3 aromatic rings. The average Bonchev–Trinajstić information content (AvgIpc) is 2.76. The minimum atomic E-state index is -3.83. The second kappa shape index (κ2) is 9.72. The number of halogens is 1. The number of aryl methyl sites for hydroxylation is 1. The highest BCUT2D eigenvalue weighted by molar-refractivity contribution is 7.89. The van der Waals surface area contributed by atoms with E-state index in [2.05, 4.69) is 4.72 Å². The van der Waals surface area contributed by atoms with Crippen molar-refractivity contribution in [3.05, 3.63) is 89.2 Å². The van der Waals surface area contributed by atoms with Gasteiger partial charge in [0.25, 0.3) is 0 Å². The lowest BCUT2D eigenvalue weighted by Crippen LogP contribution is -2.26. The second-order valence-corrected chi connectivity index (χ2v) is 8.59. The Balaban J connectivity index is 1.59. The summed E-state index contributed by atoms with van der Waals surface area (Å²) in [7, 11) is -3.83. The quantitative estimate of drug-likeness (QED) is 0.511. The van der Waals surface area contributed by atoms with Crippen LogP contribution in [0.4, 0.5) is 4.39 Å². The Bertz CT molecular complexity index is 1160. The molecule has 2 N–H and O–H groups in total. The van der Waals surface area contributed by atoms with Crippen molar-refractivity contribution in [2.24, 2.45) is 0 Å². The van der Waals surface area contributed by atoms with E-state index in [9.17, 15) is 22.7 Å². The van der Waals surface area contributed by atoms with Gasteiger partial charge >= 0.3 is 5.97 Å². The number of sulfonamides is 1. The van der Waals surface area contributed by atoms with Gasteiger partial charge in [0.1, 0.15) is 17.3 Å². The Morgan fingerprint density at radius 1 is 1.00 bits per heavy atom. The van der Waals surface area contributed by atoms with E-state index in [1.807, 2.05) is 19.1 Å². The van der Waals surface area contributed by atoms with Gasteiger partial charge < -0.3 is 9.84 Å². The maximum atomic E-state index is 12.9. The van der Waals surface area contributed by atoms with E-state index >= 15 is 0 Å². The second-order valence-electron chi connectivity index (χ2n) is 6.83. The average molecular weight is 443 g/mol. The van der Waals surface area contributed by atoms with E-state index < -0.39 is 16.0 Å². The molecule has 0 aliphatic rings. The van der Waals surface area contributed by atoms with Gasteiger partial charge in [-0.05, 0) is 72.5 Å². The third kappa shape index (κ3) is 5.90. The molecule has 0 aromatic heterocycles. The molecule has 0 amide bonds. The molecule has 0 fully saturated rings. The van der Waals surface area contributed by atoms with Gasteiger partial charge in [-0.3, -0.25) is 0 Å². The number of hydrogen-bond acceptors (Lipinski definition) is 4. The van der Waals surface area contributed by atoms with Crippen LogP contribution in [0.1, 0.15) is 28.4 Å². The summed E-state index contributed by atoms with van der Waals surface area (Å²) in [4.78, 5) is 11.3. The summed E-state index contributed by atoms with van der Waals surface area (Å²) in [6, 6.07) is 16.9. The highest BCUT2D eigenvalue weighted by Gasteiger charge is 2.18. The first kappa shape index (κ1) is 22.5. The van der Waals surface area contributed by atoms with Crippen LogP contribution in [0, 0.1) is 5.82 Å². The zero-order valence-corrected chi connectivity index (χ0v) is 17.7. The number of hydrogen-bond donors (Lipinski definition) is 2. The van der Waals surface area contributed by atoms with Crippen LogP contribution < -0.4 is 9.46 Å². The van der Waals surface area contributed by atoms with Crippen molar-refractivity contribution in [3.8, 4) is 11.5 Å². The van der Waals surface area contributed by atoms with Gasteiger partial charge in [-0.1, -0.05) is 25.1 Å². The van der Waals surface area contributed by atoms with Crippen LogP contribution in [-0.4, -0.2) is 26.0 Å². The number of aromatic carboxylic acids is 1. The van der Waals surface area contributed by atoms with Crippen LogP contribution >= 0.6 is 0 Å². The first-order chi connectivity index (χ1) is 14.8. The largest absolute Gasteiger partial charge is 0.478 e. The maximum absolute atomic E-state index is 12.9. The molecule has 0 saturated heterocycles. The molecular formula is C23H22FNO5S. The molecule has 6 nitrogen and oxygen atoms in total. The Labute approximate surface area is 180 Å². The normalized spacial score (nSPS) is 11.3. The van der Waals surface area contributed by atoms with Crippen molar-refractivity contribution in [3.63, 3.8) is 0 Å². The highest BCUT2D eigenvalue weighted by atomic mass is 32.2. The minimum Gasteiger partial charge on any atom is -0.478 e. The van der Waals surface area contributed by atoms with Gasteiger partial charge in [0.15, 0.2) is 0 Å². The van der Waals surface area contributed by atoms with Gasteiger partial charge in [0.2, 0.25) is 10.0 Å². The van der Waals surface area contributed by atoms with Crippen LogP contribution in [-0.2, 0) is 22.9 Å². The minimum absolute atomic E-state index is 0.0119. The topological polar surface area (TPSA) is 92.7 Å². The van der Waals surface area contributed by atoms with E-state index in [1.54, 1.807) is 12.1 Å².